The highest BCUT2D eigenvalue weighted by molar-refractivity contribution is 7.13. The molecule has 0 aliphatic heterocycles. The van der Waals surface area contributed by atoms with E-state index in [2.05, 4.69) is 4.37 Å². The Morgan fingerprint density at radius 3 is 2.67 bits per heavy atom. The van der Waals surface area contributed by atoms with Crippen molar-refractivity contribution in [1.82, 2.24) is 8.77 Å². The maximum atomic E-state index is 14.4. The third kappa shape index (κ3) is 2.33. The SMILES string of the molecule is Nc1cc(-c2cc(F)cn3c(=O)c4c(=O)[nH]sc4c(C4CC4)c23)ccc1F. The van der Waals surface area contributed by atoms with Crippen LogP contribution in [-0.4, -0.2) is 8.77 Å². The second-order valence-electron chi connectivity index (χ2n) is 6.76. The van der Waals surface area contributed by atoms with Crippen LogP contribution in [0.5, 0.6) is 0 Å². The molecule has 0 spiro atoms. The number of pyridine rings is 2. The first kappa shape index (κ1) is 16.2. The third-order valence-electron chi connectivity index (χ3n) is 4.96. The molecule has 1 aliphatic rings. The fourth-order valence-corrected chi connectivity index (χ4v) is 4.54. The molecule has 0 radical (unpaired) electrons. The number of anilines is 1. The van der Waals surface area contributed by atoms with E-state index in [1.807, 2.05) is 0 Å². The molecule has 1 saturated carbocycles. The monoisotopic (exact) mass is 385 g/mol. The molecule has 3 heterocycles. The molecule has 1 fully saturated rings. The van der Waals surface area contributed by atoms with Crippen molar-refractivity contribution in [1.29, 1.82) is 0 Å². The van der Waals surface area contributed by atoms with E-state index >= 15 is 0 Å². The first-order valence-corrected chi connectivity index (χ1v) is 9.21. The van der Waals surface area contributed by atoms with E-state index in [4.69, 9.17) is 5.73 Å². The van der Waals surface area contributed by atoms with Crippen LogP contribution >= 0.6 is 11.5 Å². The highest BCUT2D eigenvalue weighted by Crippen LogP contribution is 2.47. The van der Waals surface area contributed by atoms with Crippen molar-refractivity contribution in [3.63, 3.8) is 0 Å². The zero-order valence-corrected chi connectivity index (χ0v) is 14.7. The number of rotatable bonds is 2. The average molecular weight is 385 g/mol. The van der Waals surface area contributed by atoms with Crippen LogP contribution in [0, 0.1) is 11.6 Å². The summed E-state index contributed by atoms with van der Waals surface area (Å²) in [5.74, 6) is -1.00. The van der Waals surface area contributed by atoms with E-state index in [0.717, 1.165) is 36.1 Å². The Hall–Kier alpha value is -3.00. The summed E-state index contributed by atoms with van der Waals surface area (Å²) in [7, 11) is 0. The molecule has 0 unspecified atom stereocenters. The maximum Gasteiger partial charge on any atom is 0.271 e. The Bertz CT molecular complexity index is 1370. The minimum absolute atomic E-state index is 0.0505. The summed E-state index contributed by atoms with van der Waals surface area (Å²) in [6, 6.07) is 5.46. The van der Waals surface area contributed by atoms with E-state index in [1.165, 1.54) is 28.7 Å². The van der Waals surface area contributed by atoms with E-state index in [9.17, 15) is 18.4 Å². The van der Waals surface area contributed by atoms with Crippen LogP contribution in [-0.2, 0) is 0 Å². The molecule has 4 aromatic rings. The molecule has 27 heavy (non-hydrogen) atoms. The number of hydrogen-bond donors (Lipinski definition) is 2. The number of H-pyrrole nitrogens is 1. The van der Waals surface area contributed by atoms with Crippen LogP contribution in [0.1, 0.15) is 24.3 Å². The first-order valence-electron chi connectivity index (χ1n) is 8.40. The van der Waals surface area contributed by atoms with Crippen molar-refractivity contribution in [2.45, 2.75) is 18.8 Å². The van der Waals surface area contributed by atoms with Gasteiger partial charge in [0.25, 0.3) is 11.1 Å². The molecule has 3 N–H and O–H groups in total. The standard InChI is InChI=1S/C19H13F2N3O2S/c20-10-6-11(9-3-4-12(21)13(22)5-9)16-14(8-1-2-8)17-15(18(25)23-27-17)19(26)24(16)7-10/h3-8H,1-2,22H2,(H,23,25). The van der Waals surface area contributed by atoms with Crippen LogP contribution in [0.25, 0.3) is 26.7 Å². The summed E-state index contributed by atoms with van der Waals surface area (Å²) in [5.41, 5.74) is 6.95. The Balaban J connectivity index is 2.02. The second kappa shape index (κ2) is 5.50. The van der Waals surface area contributed by atoms with Gasteiger partial charge in [0, 0.05) is 11.8 Å². The van der Waals surface area contributed by atoms with Gasteiger partial charge in [-0.2, -0.15) is 0 Å². The van der Waals surface area contributed by atoms with Crippen molar-refractivity contribution in [3.8, 4) is 11.1 Å². The van der Waals surface area contributed by atoms with Gasteiger partial charge in [-0.05, 0) is 48.1 Å². The molecule has 3 aromatic heterocycles. The van der Waals surface area contributed by atoms with Gasteiger partial charge < -0.3 is 5.73 Å². The lowest BCUT2D eigenvalue weighted by molar-refractivity contribution is 0.618. The van der Waals surface area contributed by atoms with Crippen molar-refractivity contribution < 1.29 is 8.78 Å². The lowest BCUT2D eigenvalue weighted by Gasteiger charge is -2.14. The normalized spacial score (nSPS) is 14.3. The average Bonchev–Trinajstić information content (AvgIpc) is 3.40. The van der Waals surface area contributed by atoms with Gasteiger partial charge in [-0.25, -0.2) is 8.78 Å². The second-order valence-corrected chi connectivity index (χ2v) is 7.57. The highest BCUT2D eigenvalue weighted by Gasteiger charge is 2.32. The Kier molecular flexibility index (Phi) is 3.30. The van der Waals surface area contributed by atoms with Crippen LogP contribution < -0.4 is 16.9 Å². The predicted octanol–water partition coefficient (Wildman–Crippen LogP) is 3.61. The fourth-order valence-electron chi connectivity index (χ4n) is 3.59. The van der Waals surface area contributed by atoms with Gasteiger partial charge in [-0.15, -0.1) is 0 Å². The van der Waals surface area contributed by atoms with Gasteiger partial charge in [0.05, 0.1) is 15.9 Å². The molecule has 1 aromatic carbocycles. The van der Waals surface area contributed by atoms with Gasteiger partial charge in [0.2, 0.25) is 0 Å². The van der Waals surface area contributed by atoms with E-state index in [1.54, 1.807) is 0 Å². The number of aromatic amines is 1. The number of nitrogens with zero attached hydrogens (tertiary/aromatic N) is 1. The van der Waals surface area contributed by atoms with Crippen molar-refractivity contribution >= 4 is 32.8 Å². The van der Waals surface area contributed by atoms with E-state index in [-0.39, 0.29) is 17.0 Å². The van der Waals surface area contributed by atoms with Gasteiger partial charge in [0.1, 0.15) is 17.0 Å². The lowest BCUT2D eigenvalue weighted by Crippen LogP contribution is -2.20. The number of nitrogens with one attached hydrogen (secondary N) is 1. The molecular weight excluding hydrogens is 372 g/mol. The molecule has 5 nitrogen and oxygen atoms in total. The van der Waals surface area contributed by atoms with Crippen LogP contribution in [0.15, 0.2) is 40.1 Å². The Morgan fingerprint density at radius 2 is 1.96 bits per heavy atom. The first-order chi connectivity index (χ1) is 13.0. The lowest BCUT2D eigenvalue weighted by atomic mass is 9.98. The van der Waals surface area contributed by atoms with Crippen LogP contribution in [0.2, 0.25) is 0 Å². The van der Waals surface area contributed by atoms with Crippen LogP contribution in [0.3, 0.4) is 0 Å². The molecule has 8 heteroatoms. The molecule has 5 rings (SSSR count). The molecule has 1 aliphatic carbocycles. The number of nitrogen functional groups attached to an aromatic ring is 1. The smallest absolute Gasteiger partial charge is 0.271 e. The predicted molar refractivity (Wildman–Crippen MR) is 101 cm³/mol. The number of benzene rings is 1. The van der Waals surface area contributed by atoms with Crippen LogP contribution in [0.4, 0.5) is 14.5 Å². The summed E-state index contributed by atoms with van der Waals surface area (Å²) in [4.78, 5) is 25.1. The summed E-state index contributed by atoms with van der Waals surface area (Å²) in [6.45, 7) is 0. The van der Waals surface area contributed by atoms with Crippen molar-refractivity contribution in [3.05, 3.63) is 68.4 Å². The number of fused-ring (bicyclic) bond motifs is 2. The summed E-state index contributed by atoms with van der Waals surface area (Å²) >= 11 is 1.12. The quantitative estimate of drug-likeness (QED) is 0.517. The summed E-state index contributed by atoms with van der Waals surface area (Å²) in [6.07, 6.45) is 2.95. The van der Waals surface area contributed by atoms with Crippen molar-refractivity contribution in [2.75, 3.05) is 5.73 Å². The highest BCUT2D eigenvalue weighted by atomic mass is 32.1. The maximum absolute atomic E-state index is 14.4. The zero-order valence-electron chi connectivity index (χ0n) is 13.9. The number of aromatic nitrogens is 2. The molecule has 0 amide bonds. The molecular formula is C19H13F2N3O2S. The van der Waals surface area contributed by atoms with Gasteiger partial charge in [-0.3, -0.25) is 18.4 Å². The topological polar surface area (TPSA) is 80.4 Å². The van der Waals surface area contributed by atoms with E-state index in [0.29, 0.717) is 21.3 Å². The van der Waals surface area contributed by atoms with Gasteiger partial charge >= 0.3 is 0 Å². The van der Waals surface area contributed by atoms with E-state index < -0.39 is 22.8 Å². The molecule has 0 atom stereocenters. The Morgan fingerprint density at radius 1 is 1.19 bits per heavy atom. The molecule has 136 valence electrons. The fraction of sp³-hybridized carbons (Fsp3) is 0.158. The minimum atomic E-state index is -0.629. The summed E-state index contributed by atoms with van der Waals surface area (Å²) < 4.78 is 32.4. The Labute approximate surface area is 154 Å². The van der Waals surface area contributed by atoms with Crippen molar-refractivity contribution in [2.24, 2.45) is 0 Å². The molecule has 0 saturated heterocycles. The number of nitrogens with two attached hydrogens (primary N) is 1. The number of hydrogen-bond acceptors (Lipinski definition) is 4. The van der Waals surface area contributed by atoms with Gasteiger partial charge in [-0.1, -0.05) is 17.6 Å². The molecule has 0 bridgehead atoms. The summed E-state index contributed by atoms with van der Waals surface area (Å²) in [5, 5.41) is 0.0505. The van der Waals surface area contributed by atoms with Gasteiger partial charge in [0.15, 0.2) is 0 Å². The minimum Gasteiger partial charge on any atom is -0.396 e. The zero-order chi connectivity index (χ0) is 18.9. The largest absolute Gasteiger partial charge is 0.396 e. The third-order valence-corrected chi connectivity index (χ3v) is 5.87. The number of halogens is 2.